The van der Waals surface area contributed by atoms with Crippen LogP contribution < -0.4 is 4.74 Å². The molecule has 7 heteroatoms. The minimum atomic E-state index is -0.782. The Kier molecular flexibility index (Phi) is 4.61. The van der Waals surface area contributed by atoms with Crippen LogP contribution in [-0.2, 0) is 4.79 Å². The van der Waals surface area contributed by atoms with E-state index in [1.165, 1.54) is 0 Å². The Morgan fingerprint density at radius 3 is 2.75 bits per heavy atom. The Balaban J connectivity index is 1.79. The van der Waals surface area contributed by atoms with Crippen LogP contribution in [0, 0.1) is 0 Å². The molecule has 0 fully saturated rings. The predicted octanol–water partition coefficient (Wildman–Crippen LogP) is 4.71. The van der Waals surface area contributed by atoms with Crippen molar-refractivity contribution in [3.05, 3.63) is 53.0 Å². The molecule has 0 aliphatic carbocycles. The van der Waals surface area contributed by atoms with Gasteiger partial charge in [0, 0.05) is 9.86 Å². The van der Waals surface area contributed by atoms with Crippen molar-refractivity contribution in [2.24, 2.45) is 10.2 Å². The summed E-state index contributed by atoms with van der Waals surface area (Å²) in [6, 6.07) is 14.4. The number of para-hydroxylation sites is 1. The minimum Gasteiger partial charge on any atom is -0.493 e. The van der Waals surface area contributed by atoms with Gasteiger partial charge in [0.25, 0.3) is 0 Å². The van der Waals surface area contributed by atoms with E-state index in [1.54, 1.807) is 31.2 Å². The molecule has 1 amide bonds. The number of benzene rings is 2. The first-order valence-corrected chi connectivity index (χ1v) is 8.01. The second-order valence-electron chi connectivity index (χ2n) is 5.12. The summed E-state index contributed by atoms with van der Waals surface area (Å²) in [6.45, 7) is 1.60. The zero-order valence-electron chi connectivity index (χ0n) is 12.7. The van der Waals surface area contributed by atoms with Crippen molar-refractivity contribution in [1.82, 2.24) is 4.98 Å². The number of H-pyrrole nitrogens is 1. The van der Waals surface area contributed by atoms with Crippen molar-refractivity contribution in [3.63, 3.8) is 0 Å². The van der Waals surface area contributed by atoms with E-state index in [0.717, 1.165) is 4.47 Å². The first-order valence-electron chi connectivity index (χ1n) is 7.22. The fourth-order valence-electron chi connectivity index (χ4n) is 2.17. The normalized spacial score (nSPS) is 12.6. The monoisotopic (exact) mass is 387 g/mol. The molecule has 1 heterocycles. The summed E-state index contributed by atoms with van der Waals surface area (Å²) in [6.07, 6.45) is -0.782. The molecule has 6 nitrogen and oxygen atoms in total. The Hall–Kier alpha value is -2.67. The van der Waals surface area contributed by atoms with Crippen LogP contribution >= 0.6 is 15.9 Å². The summed E-state index contributed by atoms with van der Waals surface area (Å²) < 4.78 is 6.33. The van der Waals surface area contributed by atoms with Gasteiger partial charge >= 0.3 is 5.91 Å². The van der Waals surface area contributed by atoms with Crippen molar-refractivity contribution in [3.8, 4) is 11.6 Å². The molecular formula is C17H14BrN3O3. The first kappa shape index (κ1) is 16.2. The van der Waals surface area contributed by atoms with Gasteiger partial charge in [0.2, 0.25) is 5.88 Å². The number of aromatic nitrogens is 1. The highest BCUT2D eigenvalue weighted by atomic mass is 79.9. The number of ether oxygens (including phenoxy) is 1. The number of aromatic hydroxyl groups is 1. The largest absolute Gasteiger partial charge is 0.493 e. The molecule has 0 aliphatic heterocycles. The van der Waals surface area contributed by atoms with Crippen LogP contribution in [0.1, 0.15) is 6.92 Å². The van der Waals surface area contributed by atoms with E-state index in [4.69, 9.17) is 4.74 Å². The van der Waals surface area contributed by atoms with Crippen LogP contribution in [0.15, 0.2) is 63.2 Å². The summed E-state index contributed by atoms with van der Waals surface area (Å²) in [4.78, 5) is 14.9. The second kappa shape index (κ2) is 6.84. The maximum absolute atomic E-state index is 12.1. The average Bonchev–Trinajstić information content (AvgIpc) is 2.88. The number of azo groups is 1. The van der Waals surface area contributed by atoms with Gasteiger partial charge < -0.3 is 14.8 Å². The topological polar surface area (TPSA) is 87.0 Å². The van der Waals surface area contributed by atoms with Gasteiger partial charge in [-0.25, -0.2) is 0 Å². The third-order valence-corrected chi connectivity index (χ3v) is 3.86. The smallest absolute Gasteiger partial charge is 0.304 e. The number of hydrogen-bond donors (Lipinski definition) is 2. The zero-order valence-corrected chi connectivity index (χ0v) is 14.3. The summed E-state index contributed by atoms with van der Waals surface area (Å²) in [7, 11) is 0. The lowest BCUT2D eigenvalue weighted by Crippen LogP contribution is -2.21. The molecule has 0 saturated carbocycles. The molecule has 3 rings (SSSR count). The molecule has 1 unspecified atom stereocenters. The number of fused-ring (bicyclic) bond motifs is 1. The number of carbonyl (C=O) groups is 1. The van der Waals surface area contributed by atoms with Crippen molar-refractivity contribution >= 4 is 38.4 Å². The molecule has 0 saturated heterocycles. The molecule has 0 radical (unpaired) electrons. The first-order chi connectivity index (χ1) is 11.5. The van der Waals surface area contributed by atoms with Gasteiger partial charge in [0.05, 0.1) is 5.52 Å². The SMILES string of the molecule is CC(Oc1ccccc1)C(=O)N=Nc1c(O)[nH]c2ccc(Br)cc12. The lowest BCUT2D eigenvalue weighted by Gasteiger charge is -2.10. The van der Waals surface area contributed by atoms with Crippen molar-refractivity contribution < 1.29 is 14.6 Å². The highest BCUT2D eigenvalue weighted by Crippen LogP contribution is 2.36. The van der Waals surface area contributed by atoms with Gasteiger partial charge in [-0.1, -0.05) is 34.1 Å². The average molecular weight is 388 g/mol. The maximum Gasteiger partial charge on any atom is 0.304 e. The molecule has 24 heavy (non-hydrogen) atoms. The fraction of sp³-hybridized carbons (Fsp3) is 0.118. The van der Waals surface area contributed by atoms with Crippen LogP contribution in [0.5, 0.6) is 11.6 Å². The Morgan fingerprint density at radius 1 is 1.25 bits per heavy atom. The van der Waals surface area contributed by atoms with Crippen LogP contribution in [0.2, 0.25) is 0 Å². The van der Waals surface area contributed by atoms with E-state index in [2.05, 4.69) is 31.1 Å². The fourth-order valence-corrected chi connectivity index (χ4v) is 2.53. The lowest BCUT2D eigenvalue weighted by molar-refractivity contribution is -0.124. The van der Waals surface area contributed by atoms with Gasteiger partial charge in [0.1, 0.15) is 5.75 Å². The number of carbonyl (C=O) groups excluding carboxylic acids is 1. The van der Waals surface area contributed by atoms with Crippen molar-refractivity contribution in [2.75, 3.05) is 0 Å². The molecule has 1 atom stereocenters. The van der Waals surface area contributed by atoms with E-state index in [1.807, 2.05) is 24.3 Å². The molecular weight excluding hydrogens is 374 g/mol. The molecule has 0 spiro atoms. The van der Waals surface area contributed by atoms with Gasteiger partial charge in [-0.15, -0.1) is 10.2 Å². The zero-order chi connectivity index (χ0) is 17.1. The van der Waals surface area contributed by atoms with Crippen LogP contribution in [0.4, 0.5) is 5.69 Å². The summed E-state index contributed by atoms with van der Waals surface area (Å²) in [5.74, 6) is -0.105. The number of nitrogens with zero attached hydrogens (tertiary/aromatic N) is 2. The van der Waals surface area contributed by atoms with E-state index in [0.29, 0.717) is 16.7 Å². The van der Waals surface area contributed by atoms with Gasteiger partial charge in [-0.05, 0) is 37.3 Å². The third kappa shape index (κ3) is 3.46. The molecule has 0 aliphatic rings. The highest BCUT2D eigenvalue weighted by molar-refractivity contribution is 9.10. The van der Waals surface area contributed by atoms with Gasteiger partial charge in [0.15, 0.2) is 11.8 Å². The number of hydrogen-bond acceptors (Lipinski definition) is 4. The third-order valence-electron chi connectivity index (χ3n) is 3.37. The van der Waals surface area contributed by atoms with Crippen LogP contribution in [-0.4, -0.2) is 22.1 Å². The summed E-state index contributed by atoms with van der Waals surface area (Å²) in [5, 5.41) is 18.2. The predicted molar refractivity (Wildman–Crippen MR) is 93.7 cm³/mol. The van der Waals surface area contributed by atoms with Crippen molar-refractivity contribution in [2.45, 2.75) is 13.0 Å². The number of nitrogens with one attached hydrogen (secondary N) is 1. The molecule has 122 valence electrons. The number of halogens is 1. The Morgan fingerprint density at radius 2 is 2.00 bits per heavy atom. The molecule has 0 bridgehead atoms. The molecule has 1 aromatic heterocycles. The maximum atomic E-state index is 12.1. The van der Waals surface area contributed by atoms with E-state index in [9.17, 15) is 9.90 Å². The Bertz CT molecular complexity index is 906. The van der Waals surface area contributed by atoms with Crippen LogP contribution in [0.25, 0.3) is 10.9 Å². The molecule has 2 aromatic carbocycles. The van der Waals surface area contributed by atoms with Gasteiger partial charge in [-0.3, -0.25) is 4.79 Å². The molecule has 2 N–H and O–H groups in total. The van der Waals surface area contributed by atoms with Gasteiger partial charge in [-0.2, -0.15) is 0 Å². The minimum absolute atomic E-state index is 0.142. The summed E-state index contributed by atoms with van der Waals surface area (Å²) >= 11 is 3.36. The standard InChI is InChI=1S/C17H14BrN3O3/c1-10(24-12-5-3-2-4-6-12)16(22)21-20-15-13-9-11(18)7-8-14(13)19-17(15)23/h2-10,19,23H,1H3. The van der Waals surface area contributed by atoms with Crippen LogP contribution in [0.3, 0.4) is 0 Å². The number of amides is 1. The van der Waals surface area contributed by atoms with E-state index in [-0.39, 0.29) is 11.6 Å². The molecule has 3 aromatic rings. The highest BCUT2D eigenvalue weighted by Gasteiger charge is 2.16. The van der Waals surface area contributed by atoms with E-state index >= 15 is 0 Å². The second-order valence-corrected chi connectivity index (χ2v) is 6.04. The van der Waals surface area contributed by atoms with Crippen molar-refractivity contribution in [1.29, 1.82) is 0 Å². The van der Waals surface area contributed by atoms with E-state index < -0.39 is 12.0 Å². The quantitative estimate of drug-likeness (QED) is 0.635. The Labute approximate surface area is 146 Å². The lowest BCUT2D eigenvalue weighted by atomic mass is 10.2. The number of rotatable bonds is 4. The number of aromatic amines is 1. The summed E-state index contributed by atoms with van der Waals surface area (Å²) in [5.41, 5.74) is 0.914.